The van der Waals surface area contributed by atoms with Gasteiger partial charge in [-0.05, 0) is 48.6 Å². The van der Waals surface area contributed by atoms with Crippen molar-refractivity contribution in [1.82, 2.24) is 20.1 Å². The molecule has 3 heterocycles. The molecule has 1 amide bonds. The van der Waals surface area contributed by atoms with Crippen molar-refractivity contribution < 1.29 is 9.53 Å². The highest BCUT2D eigenvalue weighted by atomic mass is 16.5. The molecule has 5 rings (SSSR count). The summed E-state index contributed by atoms with van der Waals surface area (Å²) in [5.74, 6) is 1.38. The first-order valence-electron chi connectivity index (χ1n) is 12.1. The first-order chi connectivity index (χ1) is 17.0. The van der Waals surface area contributed by atoms with E-state index in [-0.39, 0.29) is 11.9 Å². The Labute approximate surface area is 206 Å². The molecule has 0 saturated heterocycles. The Morgan fingerprint density at radius 2 is 1.83 bits per heavy atom. The maximum atomic E-state index is 13.6. The lowest BCUT2D eigenvalue weighted by Gasteiger charge is -2.26. The molecule has 1 unspecified atom stereocenters. The summed E-state index contributed by atoms with van der Waals surface area (Å²) in [5, 5.41) is 7.60. The van der Waals surface area contributed by atoms with Gasteiger partial charge in [-0.3, -0.25) is 14.9 Å². The summed E-state index contributed by atoms with van der Waals surface area (Å²) in [4.78, 5) is 19.7. The van der Waals surface area contributed by atoms with Crippen LogP contribution in [0.3, 0.4) is 0 Å². The number of pyridine rings is 1. The zero-order valence-electron chi connectivity index (χ0n) is 20.4. The lowest BCUT2D eigenvalue weighted by Crippen LogP contribution is -2.29. The minimum absolute atomic E-state index is 0.0584. The summed E-state index contributed by atoms with van der Waals surface area (Å²) in [6.07, 6.45) is 4.56. The number of nitrogens with one attached hydrogen (secondary N) is 1. The molecule has 1 N–H and O–H groups in total. The smallest absolute Gasteiger partial charge is 0.273 e. The number of nitrogens with zero attached hydrogens (tertiary/aromatic N) is 3. The fourth-order valence-corrected chi connectivity index (χ4v) is 4.48. The van der Waals surface area contributed by atoms with Gasteiger partial charge in [-0.25, -0.2) is 0 Å². The number of carbonyl (C=O) groups is 1. The number of aryl methyl sites for hydroxylation is 1. The van der Waals surface area contributed by atoms with Crippen LogP contribution < -0.4 is 4.74 Å². The molecule has 0 spiro atoms. The van der Waals surface area contributed by atoms with Crippen molar-refractivity contribution in [3.8, 4) is 17.0 Å². The minimum Gasteiger partial charge on any atom is -0.494 e. The SMILES string of the molecule is Cc1ccc(-c2n[nH]c3c2C(c2ccc(OCCC(C)C)cc2)N(Cc2cccnc2)C3=O)cc1. The highest BCUT2D eigenvalue weighted by molar-refractivity contribution is 6.00. The van der Waals surface area contributed by atoms with Gasteiger partial charge in [-0.2, -0.15) is 5.10 Å². The van der Waals surface area contributed by atoms with Gasteiger partial charge in [0.15, 0.2) is 0 Å². The van der Waals surface area contributed by atoms with Crippen LogP contribution in [0, 0.1) is 12.8 Å². The number of amides is 1. The van der Waals surface area contributed by atoms with Crippen LogP contribution in [0.5, 0.6) is 5.75 Å². The van der Waals surface area contributed by atoms with Crippen LogP contribution in [0.25, 0.3) is 11.3 Å². The maximum Gasteiger partial charge on any atom is 0.273 e. The second kappa shape index (κ2) is 9.74. The zero-order valence-corrected chi connectivity index (χ0v) is 20.4. The van der Waals surface area contributed by atoms with Crippen molar-refractivity contribution in [3.63, 3.8) is 0 Å². The lowest BCUT2D eigenvalue weighted by atomic mass is 9.95. The predicted octanol–water partition coefficient (Wildman–Crippen LogP) is 5.95. The largest absolute Gasteiger partial charge is 0.494 e. The third-order valence-electron chi connectivity index (χ3n) is 6.42. The van der Waals surface area contributed by atoms with Crippen LogP contribution >= 0.6 is 0 Å². The summed E-state index contributed by atoms with van der Waals surface area (Å²) in [6, 6.07) is 20.0. The van der Waals surface area contributed by atoms with E-state index in [0.29, 0.717) is 24.8 Å². The number of carbonyl (C=O) groups excluding carboxylic acids is 1. The van der Waals surface area contributed by atoms with Gasteiger partial charge in [-0.15, -0.1) is 0 Å². The Morgan fingerprint density at radius 1 is 1.06 bits per heavy atom. The number of rotatable bonds is 8. The van der Waals surface area contributed by atoms with E-state index in [1.807, 2.05) is 35.4 Å². The molecule has 6 nitrogen and oxygen atoms in total. The average Bonchev–Trinajstić information content (AvgIpc) is 3.40. The Kier molecular flexibility index (Phi) is 6.36. The molecule has 6 heteroatoms. The summed E-state index contributed by atoms with van der Waals surface area (Å²) in [5.41, 5.74) is 6.44. The van der Waals surface area contributed by atoms with E-state index in [4.69, 9.17) is 4.74 Å². The van der Waals surface area contributed by atoms with E-state index in [2.05, 4.69) is 72.4 Å². The van der Waals surface area contributed by atoms with Gasteiger partial charge in [0.2, 0.25) is 0 Å². The Balaban J connectivity index is 1.52. The van der Waals surface area contributed by atoms with E-state index in [0.717, 1.165) is 40.1 Å². The number of aromatic amines is 1. The highest BCUT2D eigenvalue weighted by Gasteiger charge is 2.42. The monoisotopic (exact) mass is 466 g/mol. The van der Waals surface area contributed by atoms with Crippen LogP contribution in [0.15, 0.2) is 73.1 Å². The second-order valence-corrected chi connectivity index (χ2v) is 9.52. The van der Waals surface area contributed by atoms with E-state index in [1.165, 1.54) is 5.56 Å². The minimum atomic E-state index is -0.266. The van der Waals surface area contributed by atoms with E-state index in [1.54, 1.807) is 6.20 Å². The number of hydrogen-bond donors (Lipinski definition) is 1. The summed E-state index contributed by atoms with van der Waals surface area (Å²) in [6.45, 7) is 7.59. The summed E-state index contributed by atoms with van der Waals surface area (Å²) >= 11 is 0. The number of hydrogen-bond acceptors (Lipinski definition) is 4. The van der Waals surface area contributed by atoms with Crippen molar-refractivity contribution in [1.29, 1.82) is 0 Å². The van der Waals surface area contributed by atoms with Gasteiger partial charge in [-0.1, -0.05) is 61.9 Å². The molecule has 35 heavy (non-hydrogen) atoms. The Bertz CT molecular complexity index is 1300. The molecular weight excluding hydrogens is 436 g/mol. The number of benzene rings is 2. The quantitative estimate of drug-likeness (QED) is 0.348. The molecule has 0 saturated carbocycles. The standard InChI is InChI=1S/C29H30N4O2/c1-19(2)14-16-35-24-12-10-23(11-13-24)28-25-26(22-8-6-20(3)7-9-22)31-32-27(25)29(34)33(28)18-21-5-4-15-30-17-21/h4-13,15,17,19,28H,14,16,18H2,1-3H3,(H,31,32). The predicted molar refractivity (Wildman–Crippen MR) is 136 cm³/mol. The van der Waals surface area contributed by atoms with Crippen molar-refractivity contribution >= 4 is 5.91 Å². The molecule has 2 aromatic carbocycles. The molecule has 1 aliphatic heterocycles. The van der Waals surface area contributed by atoms with Crippen molar-refractivity contribution in [2.45, 2.75) is 39.8 Å². The van der Waals surface area contributed by atoms with Crippen LogP contribution in [0.4, 0.5) is 0 Å². The second-order valence-electron chi connectivity index (χ2n) is 9.52. The number of ether oxygens (including phenoxy) is 1. The molecule has 0 aliphatic carbocycles. The third-order valence-corrected chi connectivity index (χ3v) is 6.42. The molecular formula is C29H30N4O2. The molecule has 0 radical (unpaired) electrons. The van der Waals surface area contributed by atoms with Gasteiger partial charge in [0, 0.05) is 30.1 Å². The highest BCUT2D eigenvalue weighted by Crippen LogP contribution is 2.43. The molecule has 2 aromatic heterocycles. The van der Waals surface area contributed by atoms with Crippen LogP contribution in [-0.4, -0.2) is 32.6 Å². The van der Waals surface area contributed by atoms with Gasteiger partial charge >= 0.3 is 0 Å². The van der Waals surface area contributed by atoms with Gasteiger partial charge in [0.1, 0.15) is 11.4 Å². The molecule has 178 valence electrons. The fourth-order valence-electron chi connectivity index (χ4n) is 4.48. The van der Waals surface area contributed by atoms with Crippen molar-refractivity contribution in [2.75, 3.05) is 6.61 Å². The van der Waals surface area contributed by atoms with Crippen molar-refractivity contribution in [3.05, 3.63) is 101 Å². The molecule has 1 aliphatic rings. The first-order valence-corrected chi connectivity index (χ1v) is 12.1. The normalized spacial score (nSPS) is 15.0. The van der Waals surface area contributed by atoms with Crippen LogP contribution in [0.2, 0.25) is 0 Å². The molecule has 4 aromatic rings. The topological polar surface area (TPSA) is 71.1 Å². The van der Waals surface area contributed by atoms with Crippen molar-refractivity contribution in [2.24, 2.45) is 5.92 Å². The van der Waals surface area contributed by atoms with E-state index >= 15 is 0 Å². The Morgan fingerprint density at radius 3 is 2.51 bits per heavy atom. The van der Waals surface area contributed by atoms with E-state index < -0.39 is 0 Å². The number of aromatic nitrogens is 3. The summed E-state index contributed by atoms with van der Waals surface area (Å²) in [7, 11) is 0. The molecule has 1 atom stereocenters. The van der Waals surface area contributed by atoms with Crippen LogP contribution in [-0.2, 0) is 6.54 Å². The first kappa shape index (κ1) is 22.8. The van der Waals surface area contributed by atoms with Gasteiger partial charge in [0.25, 0.3) is 5.91 Å². The average molecular weight is 467 g/mol. The number of H-pyrrole nitrogens is 1. The Hall–Kier alpha value is -3.93. The molecule has 0 bridgehead atoms. The third kappa shape index (κ3) is 4.69. The fraction of sp³-hybridized carbons (Fsp3) is 0.276. The van der Waals surface area contributed by atoms with Gasteiger partial charge in [0.05, 0.1) is 18.3 Å². The maximum absolute atomic E-state index is 13.6. The van der Waals surface area contributed by atoms with Crippen LogP contribution in [0.1, 0.15) is 59.1 Å². The zero-order chi connectivity index (χ0) is 24.4. The number of fused-ring (bicyclic) bond motifs is 1. The van der Waals surface area contributed by atoms with Gasteiger partial charge < -0.3 is 9.64 Å². The molecule has 0 fully saturated rings. The summed E-state index contributed by atoms with van der Waals surface area (Å²) < 4.78 is 5.93. The lowest BCUT2D eigenvalue weighted by molar-refractivity contribution is 0.0730. The van der Waals surface area contributed by atoms with E-state index in [9.17, 15) is 4.79 Å².